The van der Waals surface area contributed by atoms with E-state index in [1.165, 1.54) is 71.9 Å². The van der Waals surface area contributed by atoms with Crippen LogP contribution in [0.4, 0.5) is 0 Å². The molecule has 4 aromatic rings. The maximum Gasteiger partial charge on any atom is 0.131 e. The van der Waals surface area contributed by atoms with E-state index in [4.69, 9.17) is 4.74 Å². The zero-order chi connectivity index (χ0) is 22.0. The highest BCUT2D eigenvalue weighted by molar-refractivity contribution is 5.51. The molecule has 0 saturated carbocycles. The minimum absolute atomic E-state index is 0.397. The Morgan fingerprint density at radius 2 is 0.848 bits per heavy atom. The summed E-state index contributed by atoms with van der Waals surface area (Å²) in [6, 6.07) is 35.2. The summed E-state index contributed by atoms with van der Waals surface area (Å²) in [5, 5.41) is 0. The van der Waals surface area contributed by atoms with Crippen molar-refractivity contribution in [3.8, 4) is 11.5 Å². The quantitative estimate of drug-likeness (QED) is 0.316. The predicted octanol–water partition coefficient (Wildman–Crippen LogP) is 8.42. The van der Waals surface area contributed by atoms with Crippen molar-refractivity contribution in [2.75, 3.05) is 0 Å². The molecule has 164 valence electrons. The molecule has 0 amide bonds. The molecule has 0 aliphatic heterocycles. The Morgan fingerprint density at radius 3 is 1.33 bits per heavy atom. The van der Waals surface area contributed by atoms with Crippen molar-refractivity contribution in [3.63, 3.8) is 0 Å². The van der Waals surface area contributed by atoms with Gasteiger partial charge in [-0.2, -0.15) is 0 Å². The highest BCUT2D eigenvalue weighted by Gasteiger charge is 2.27. The van der Waals surface area contributed by atoms with E-state index in [1.54, 1.807) is 0 Å². The lowest BCUT2D eigenvalue weighted by molar-refractivity contribution is 0.455. The lowest BCUT2D eigenvalue weighted by Crippen LogP contribution is -2.13. The highest BCUT2D eigenvalue weighted by atomic mass is 16.5. The Kier molecular flexibility index (Phi) is 5.48. The summed E-state index contributed by atoms with van der Waals surface area (Å²) in [6.45, 7) is 0. The third-order valence-electron chi connectivity index (χ3n) is 7.55. The summed E-state index contributed by atoms with van der Waals surface area (Å²) in [6.07, 6.45) is 7.17. The van der Waals surface area contributed by atoms with Gasteiger partial charge in [0.1, 0.15) is 11.5 Å². The largest absolute Gasteiger partial charge is 0.457 e. The molecule has 0 radical (unpaired) electrons. The molecule has 1 heteroatoms. The molecule has 0 heterocycles. The molecule has 2 aliphatic carbocycles. The van der Waals surface area contributed by atoms with Gasteiger partial charge in [0.05, 0.1) is 0 Å². The van der Waals surface area contributed by atoms with E-state index in [1.807, 2.05) is 0 Å². The number of benzene rings is 4. The van der Waals surface area contributed by atoms with Crippen molar-refractivity contribution < 1.29 is 4.74 Å². The number of aryl methyl sites for hydroxylation is 2. The molecule has 2 unspecified atom stereocenters. The van der Waals surface area contributed by atoms with Gasteiger partial charge in [0.25, 0.3) is 0 Å². The molecule has 0 spiro atoms. The monoisotopic (exact) mass is 430 g/mol. The summed E-state index contributed by atoms with van der Waals surface area (Å²) >= 11 is 0. The first-order chi connectivity index (χ1) is 16.4. The van der Waals surface area contributed by atoms with E-state index in [0.717, 1.165) is 11.5 Å². The molecular weight excluding hydrogens is 400 g/mol. The number of ether oxygens (including phenoxy) is 1. The number of hydrogen-bond donors (Lipinski definition) is 0. The molecule has 0 saturated heterocycles. The molecule has 0 N–H and O–H groups in total. The number of rotatable bonds is 4. The fourth-order valence-electron chi connectivity index (χ4n) is 6.00. The van der Waals surface area contributed by atoms with Crippen LogP contribution in [0.3, 0.4) is 0 Å². The van der Waals surface area contributed by atoms with Gasteiger partial charge in [0, 0.05) is 23.0 Å². The van der Waals surface area contributed by atoms with E-state index in [-0.39, 0.29) is 0 Å². The van der Waals surface area contributed by atoms with E-state index < -0.39 is 0 Å². The summed E-state index contributed by atoms with van der Waals surface area (Å²) in [5.74, 6) is 2.79. The molecule has 2 atom stereocenters. The van der Waals surface area contributed by atoms with Gasteiger partial charge in [-0.05, 0) is 72.9 Å². The van der Waals surface area contributed by atoms with Gasteiger partial charge in [0.15, 0.2) is 0 Å². The van der Waals surface area contributed by atoms with Crippen molar-refractivity contribution in [2.24, 2.45) is 0 Å². The van der Waals surface area contributed by atoms with Crippen molar-refractivity contribution in [3.05, 3.63) is 130 Å². The van der Waals surface area contributed by atoms with Crippen molar-refractivity contribution >= 4 is 0 Å². The second-order valence-corrected chi connectivity index (χ2v) is 9.46. The molecule has 6 rings (SSSR count). The van der Waals surface area contributed by atoms with Gasteiger partial charge >= 0.3 is 0 Å². The van der Waals surface area contributed by atoms with Crippen LogP contribution in [0.25, 0.3) is 0 Å². The Hall–Kier alpha value is -3.32. The SMILES string of the molecule is c1ccc2c(c1)CCCC2c1ccccc1Oc1ccccc1C1CCCc2ccccc21. The van der Waals surface area contributed by atoms with Gasteiger partial charge in [0.2, 0.25) is 0 Å². The van der Waals surface area contributed by atoms with Crippen molar-refractivity contribution in [1.29, 1.82) is 0 Å². The zero-order valence-corrected chi connectivity index (χ0v) is 19.0. The predicted molar refractivity (Wildman–Crippen MR) is 135 cm³/mol. The van der Waals surface area contributed by atoms with Crippen molar-refractivity contribution in [2.45, 2.75) is 50.4 Å². The summed E-state index contributed by atoms with van der Waals surface area (Å²) < 4.78 is 6.78. The fourth-order valence-corrected chi connectivity index (χ4v) is 6.00. The van der Waals surface area contributed by atoms with Crippen LogP contribution in [0.15, 0.2) is 97.1 Å². The maximum absolute atomic E-state index is 6.78. The molecular formula is C32H30O. The normalized spacial score (nSPS) is 19.4. The van der Waals surface area contributed by atoms with E-state index in [9.17, 15) is 0 Å². The molecule has 0 aromatic heterocycles. The first kappa shape index (κ1) is 20.3. The Balaban J connectivity index is 1.38. The molecule has 4 aromatic carbocycles. The Labute approximate surface area is 197 Å². The zero-order valence-electron chi connectivity index (χ0n) is 19.0. The Bertz CT molecular complexity index is 1170. The third kappa shape index (κ3) is 3.86. The van der Waals surface area contributed by atoms with Gasteiger partial charge in [-0.3, -0.25) is 0 Å². The highest BCUT2D eigenvalue weighted by Crippen LogP contribution is 2.44. The topological polar surface area (TPSA) is 9.23 Å². The van der Waals surface area contributed by atoms with Crippen LogP contribution >= 0.6 is 0 Å². The van der Waals surface area contributed by atoms with Crippen LogP contribution in [-0.4, -0.2) is 0 Å². The first-order valence-corrected chi connectivity index (χ1v) is 12.4. The Morgan fingerprint density at radius 1 is 0.455 bits per heavy atom. The summed E-state index contributed by atoms with van der Waals surface area (Å²) in [5.41, 5.74) is 8.53. The fraction of sp³-hybridized carbons (Fsp3) is 0.250. The van der Waals surface area contributed by atoms with Crippen LogP contribution in [0.5, 0.6) is 11.5 Å². The third-order valence-corrected chi connectivity index (χ3v) is 7.55. The van der Waals surface area contributed by atoms with Gasteiger partial charge < -0.3 is 4.74 Å². The van der Waals surface area contributed by atoms with E-state index in [0.29, 0.717) is 11.8 Å². The average molecular weight is 431 g/mol. The molecule has 33 heavy (non-hydrogen) atoms. The smallest absolute Gasteiger partial charge is 0.131 e. The lowest BCUT2D eigenvalue weighted by atomic mass is 9.78. The molecule has 2 aliphatic rings. The summed E-state index contributed by atoms with van der Waals surface area (Å²) in [7, 11) is 0. The van der Waals surface area contributed by atoms with Crippen LogP contribution in [0.1, 0.15) is 70.9 Å². The molecule has 0 bridgehead atoms. The second-order valence-electron chi connectivity index (χ2n) is 9.46. The van der Waals surface area contributed by atoms with Crippen LogP contribution in [-0.2, 0) is 12.8 Å². The van der Waals surface area contributed by atoms with Gasteiger partial charge in [-0.1, -0.05) is 84.9 Å². The number of hydrogen-bond acceptors (Lipinski definition) is 1. The first-order valence-electron chi connectivity index (χ1n) is 12.4. The number of fused-ring (bicyclic) bond motifs is 2. The van der Waals surface area contributed by atoms with Gasteiger partial charge in [-0.25, -0.2) is 0 Å². The van der Waals surface area contributed by atoms with Crippen LogP contribution in [0, 0.1) is 0 Å². The van der Waals surface area contributed by atoms with Gasteiger partial charge in [-0.15, -0.1) is 0 Å². The van der Waals surface area contributed by atoms with E-state index in [2.05, 4.69) is 97.1 Å². The minimum Gasteiger partial charge on any atom is -0.457 e. The molecule has 1 nitrogen and oxygen atoms in total. The molecule has 0 fully saturated rings. The average Bonchev–Trinajstić information content (AvgIpc) is 2.89. The lowest BCUT2D eigenvalue weighted by Gasteiger charge is -2.29. The maximum atomic E-state index is 6.78. The minimum atomic E-state index is 0.397. The second kappa shape index (κ2) is 8.90. The number of para-hydroxylation sites is 2. The van der Waals surface area contributed by atoms with Crippen molar-refractivity contribution in [1.82, 2.24) is 0 Å². The summed E-state index contributed by atoms with van der Waals surface area (Å²) in [4.78, 5) is 0. The van der Waals surface area contributed by atoms with Crippen LogP contribution < -0.4 is 4.74 Å². The van der Waals surface area contributed by atoms with Crippen LogP contribution in [0.2, 0.25) is 0 Å². The standard InChI is InChI=1S/C32H30O/c1-3-15-25-23(11-1)13-9-19-27(25)29-17-5-7-21-31(29)33-32-22-8-6-18-30(32)28-20-10-14-24-12-2-4-16-26(24)28/h1-8,11-12,15-18,21-22,27-28H,9-10,13-14,19-20H2. The van der Waals surface area contributed by atoms with E-state index >= 15 is 0 Å².